The van der Waals surface area contributed by atoms with Crippen molar-refractivity contribution in [3.8, 4) is 23.0 Å². The number of hydrogen-bond acceptors (Lipinski definition) is 5. The van der Waals surface area contributed by atoms with Crippen LogP contribution in [0.4, 0.5) is 5.69 Å². The monoisotopic (exact) mass is 369 g/mol. The molecule has 0 saturated heterocycles. The highest BCUT2D eigenvalue weighted by atomic mass is 16.6. The second-order valence-corrected chi connectivity index (χ2v) is 6.39. The van der Waals surface area contributed by atoms with E-state index in [4.69, 9.17) is 24.7 Å². The van der Waals surface area contributed by atoms with Crippen molar-refractivity contribution in [1.29, 1.82) is 0 Å². The molecule has 2 aliphatic heterocycles. The van der Waals surface area contributed by atoms with Crippen molar-refractivity contribution < 1.29 is 18.9 Å². The van der Waals surface area contributed by atoms with Crippen LogP contribution in [0.15, 0.2) is 47.5 Å². The summed E-state index contributed by atoms with van der Waals surface area (Å²) in [6, 6.07) is 13.3. The number of anilines is 1. The van der Waals surface area contributed by atoms with Crippen LogP contribution in [-0.4, -0.2) is 38.4 Å². The lowest BCUT2D eigenvalue weighted by Gasteiger charge is -2.26. The van der Waals surface area contributed by atoms with Gasteiger partial charge in [0.15, 0.2) is 29.0 Å². The van der Waals surface area contributed by atoms with Crippen molar-refractivity contribution in [2.24, 2.45) is 10.7 Å². The molecule has 0 bridgehead atoms. The Labute approximate surface area is 158 Å². The van der Waals surface area contributed by atoms with Gasteiger partial charge in [-0.3, -0.25) is 4.99 Å². The Morgan fingerprint density at radius 3 is 2.67 bits per heavy atom. The highest BCUT2D eigenvalue weighted by Gasteiger charge is 2.20. The number of benzene rings is 2. The fraction of sp³-hybridized carbons (Fsp3) is 0.350. The first kappa shape index (κ1) is 17.3. The third kappa shape index (κ3) is 4.36. The van der Waals surface area contributed by atoms with E-state index in [0.29, 0.717) is 32.3 Å². The summed E-state index contributed by atoms with van der Waals surface area (Å²) in [4.78, 5) is 4.38. The molecule has 1 unspecified atom stereocenters. The average molecular weight is 369 g/mol. The summed E-state index contributed by atoms with van der Waals surface area (Å²) >= 11 is 0. The third-order valence-corrected chi connectivity index (χ3v) is 4.32. The Morgan fingerprint density at radius 2 is 1.78 bits per heavy atom. The third-order valence-electron chi connectivity index (χ3n) is 4.32. The molecule has 1 atom stereocenters. The second kappa shape index (κ2) is 8.07. The van der Waals surface area contributed by atoms with Gasteiger partial charge >= 0.3 is 0 Å². The number of nitrogens with zero attached hydrogens (tertiary/aromatic N) is 1. The maximum atomic E-state index is 6.00. The van der Waals surface area contributed by atoms with Gasteiger partial charge in [0.1, 0.15) is 12.7 Å². The van der Waals surface area contributed by atoms with E-state index in [1.54, 1.807) is 0 Å². The molecule has 0 fully saturated rings. The number of para-hydroxylation sites is 2. The summed E-state index contributed by atoms with van der Waals surface area (Å²) in [6.45, 7) is 2.37. The predicted octanol–water partition coefficient (Wildman–Crippen LogP) is 2.80. The van der Waals surface area contributed by atoms with Gasteiger partial charge in [0.05, 0.1) is 13.2 Å². The first-order chi connectivity index (χ1) is 13.3. The molecular formula is C20H23N3O4. The molecule has 0 aromatic heterocycles. The van der Waals surface area contributed by atoms with Gasteiger partial charge in [-0.15, -0.1) is 0 Å². The van der Waals surface area contributed by atoms with Crippen LogP contribution in [-0.2, 0) is 0 Å². The molecule has 27 heavy (non-hydrogen) atoms. The van der Waals surface area contributed by atoms with Gasteiger partial charge in [-0.05, 0) is 24.3 Å². The summed E-state index contributed by atoms with van der Waals surface area (Å²) in [5, 5.41) is 3.09. The van der Waals surface area contributed by atoms with Crippen molar-refractivity contribution in [2.75, 3.05) is 31.7 Å². The lowest BCUT2D eigenvalue weighted by Crippen LogP contribution is -2.30. The minimum atomic E-state index is -0.0329. The van der Waals surface area contributed by atoms with Crippen molar-refractivity contribution in [2.45, 2.75) is 18.9 Å². The molecule has 7 nitrogen and oxygen atoms in total. The predicted molar refractivity (Wildman–Crippen MR) is 103 cm³/mol. The van der Waals surface area contributed by atoms with Gasteiger partial charge in [0.2, 0.25) is 0 Å². The molecule has 2 aromatic carbocycles. The van der Waals surface area contributed by atoms with Gasteiger partial charge in [-0.1, -0.05) is 12.1 Å². The number of guanidine groups is 1. The summed E-state index contributed by atoms with van der Waals surface area (Å²) < 4.78 is 22.9. The second-order valence-electron chi connectivity index (χ2n) is 6.39. The van der Waals surface area contributed by atoms with Crippen molar-refractivity contribution in [3.05, 3.63) is 42.5 Å². The molecule has 3 N–H and O–H groups in total. The van der Waals surface area contributed by atoms with E-state index in [9.17, 15) is 0 Å². The number of rotatable bonds is 4. The van der Waals surface area contributed by atoms with E-state index >= 15 is 0 Å². The van der Waals surface area contributed by atoms with Crippen LogP contribution < -0.4 is 30.0 Å². The maximum Gasteiger partial charge on any atom is 0.193 e. The molecule has 142 valence electrons. The van der Waals surface area contributed by atoms with Gasteiger partial charge in [0.25, 0.3) is 0 Å². The number of hydrogen-bond donors (Lipinski definition) is 2. The Bertz CT molecular complexity index is 825. The van der Waals surface area contributed by atoms with Crippen LogP contribution in [0, 0.1) is 0 Å². The molecule has 2 heterocycles. The van der Waals surface area contributed by atoms with Crippen molar-refractivity contribution in [3.63, 3.8) is 0 Å². The molecule has 7 heteroatoms. The summed E-state index contributed by atoms with van der Waals surface area (Å²) in [5.41, 5.74) is 6.81. The topological polar surface area (TPSA) is 87.3 Å². The van der Waals surface area contributed by atoms with E-state index in [1.807, 2.05) is 42.5 Å². The minimum Gasteiger partial charge on any atom is -0.490 e. The molecular weight excluding hydrogens is 346 g/mol. The van der Waals surface area contributed by atoms with Crippen LogP contribution in [0.3, 0.4) is 0 Å². The summed E-state index contributed by atoms with van der Waals surface area (Å²) in [6.07, 6.45) is 1.56. The summed E-state index contributed by atoms with van der Waals surface area (Å²) in [7, 11) is 0. The number of ether oxygens (including phenoxy) is 4. The molecule has 0 aliphatic carbocycles. The van der Waals surface area contributed by atoms with Crippen molar-refractivity contribution in [1.82, 2.24) is 0 Å². The van der Waals surface area contributed by atoms with Crippen LogP contribution >= 0.6 is 0 Å². The summed E-state index contributed by atoms with van der Waals surface area (Å²) in [5.74, 6) is 3.38. The zero-order valence-electron chi connectivity index (χ0n) is 15.0. The zero-order chi connectivity index (χ0) is 18.5. The van der Waals surface area contributed by atoms with E-state index in [-0.39, 0.29) is 6.10 Å². The largest absolute Gasteiger partial charge is 0.490 e. The average Bonchev–Trinajstić information content (AvgIpc) is 2.93. The number of nitrogens with two attached hydrogens (primary N) is 1. The van der Waals surface area contributed by atoms with Gasteiger partial charge in [-0.25, -0.2) is 0 Å². The van der Waals surface area contributed by atoms with Crippen LogP contribution in [0.25, 0.3) is 0 Å². The van der Waals surface area contributed by atoms with Gasteiger partial charge in [-0.2, -0.15) is 0 Å². The van der Waals surface area contributed by atoms with Gasteiger partial charge in [0, 0.05) is 31.1 Å². The Hall–Kier alpha value is -3.09. The van der Waals surface area contributed by atoms with E-state index in [0.717, 1.165) is 41.5 Å². The fourth-order valence-corrected chi connectivity index (χ4v) is 2.96. The minimum absolute atomic E-state index is 0.0329. The van der Waals surface area contributed by atoms with Crippen LogP contribution in [0.1, 0.15) is 12.8 Å². The maximum absolute atomic E-state index is 6.00. The normalized spacial score (nSPS) is 18.5. The smallest absolute Gasteiger partial charge is 0.193 e. The number of nitrogens with one attached hydrogen (secondary N) is 1. The standard InChI is InChI=1S/C20H23N3O4/c21-20(23-14-6-7-17-19(12-14)25-11-3-10-24-17)22-9-8-15-13-26-16-4-1-2-5-18(16)27-15/h1-2,4-7,12,15H,3,8-11,13H2,(H3,21,22,23). The Morgan fingerprint density at radius 1 is 1.00 bits per heavy atom. The molecule has 2 aliphatic rings. The molecule has 0 saturated carbocycles. The molecule has 2 aromatic rings. The van der Waals surface area contributed by atoms with Crippen LogP contribution in [0.2, 0.25) is 0 Å². The zero-order valence-corrected chi connectivity index (χ0v) is 15.0. The molecule has 0 amide bonds. The lowest BCUT2D eigenvalue weighted by molar-refractivity contribution is 0.0867. The van der Waals surface area contributed by atoms with E-state index in [1.165, 1.54) is 0 Å². The molecule has 4 rings (SSSR count). The molecule has 0 spiro atoms. The molecule has 0 radical (unpaired) electrons. The quantitative estimate of drug-likeness (QED) is 0.637. The van der Waals surface area contributed by atoms with Crippen LogP contribution in [0.5, 0.6) is 23.0 Å². The first-order valence-electron chi connectivity index (χ1n) is 9.13. The van der Waals surface area contributed by atoms with E-state index in [2.05, 4.69) is 10.3 Å². The van der Waals surface area contributed by atoms with E-state index < -0.39 is 0 Å². The van der Waals surface area contributed by atoms with Gasteiger partial charge < -0.3 is 30.0 Å². The number of fused-ring (bicyclic) bond motifs is 2. The van der Waals surface area contributed by atoms with Crippen molar-refractivity contribution >= 4 is 11.6 Å². The Kier molecular flexibility index (Phi) is 5.18. The highest BCUT2D eigenvalue weighted by molar-refractivity contribution is 5.92. The fourth-order valence-electron chi connectivity index (χ4n) is 2.96. The number of aliphatic imine (C=N–C) groups is 1. The SMILES string of the molecule is NC(=NCCC1COc2ccccc2O1)Nc1ccc2c(c1)OCCCO2. The Balaban J connectivity index is 1.29. The highest BCUT2D eigenvalue weighted by Crippen LogP contribution is 2.32. The first-order valence-corrected chi connectivity index (χ1v) is 9.13. The lowest BCUT2D eigenvalue weighted by atomic mass is 10.2.